The van der Waals surface area contributed by atoms with Crippen LogP contribution in [0.15, 0.2) is 194 Å². The van der Waals surface area contributed by atoms with Crippen LogP contribution in [0.2, 0.25) is 0 Å². The van der Waals surface area contributed by atoms with E-state index < -0.39 is 0 Å². The minimum absolute atomic E-state index is 0.00398. The highest BCUT2D eigenvalue weighted by Gasteiger charge is 2.21. The summed E-state index contributed by atoms with van der Waals surface area (Å²) < 4.78 is 2.46. The number of nitrogens with zero attached hydrogens (tertiary/aromatic N) is 1. The summed E-state index contributed by atoms with van der Waals surface area (Å²) in [7, 11) is 0. The van der Waals surface area contributed by atoms with Gasteiger partial charge in [-0.1, -0.05) is 146 Å². The third-order valence-corrected chi connectivity index (χ3v) is 11.1. The molecular weight excluding hydrogens is 641 g/mol. The first kappa shape index (κ1) is 29.8. The van der Waals surface area contributed by atoms with Crippen LogP contribution in [0.1, 0.15) is 22.7 Å². The average Bonchev–Trinajstić information content (AvgIpc) is 3.59. The molecule has 1 N–H and O–H groups in total. The first-order valence-electron chi connectivity index (χ1n) is 18.4. The fraction of sp³-hybridized carbons (Fsp3) is 0.0196. The molecule has 0 bridgehead atoms. The zero-order chi connectivity index (χ0) is 34.9. The van der Waals surface area contributed by atoms with E-state index in [1.54, 1.807) is 0 Å². The number of hydrogen-bond acceptors (Lipinski definition) is 1. The van der Waals surface area contributed by atoms with Crippen LogP contribution < -0.4 is 5.32 Å². The first-order valence-corrected chi connectivity index (χ1v) is 18.4. The Bertz CT molecular complexity index is 3060. The molecule has 9 aromatic carbocycles. The van der Waals surface area contributed by atoms with Crippen molar-refractivity contribution in [2.24, 2.45) is 0 Å². The Balaban J connectivity index is 1.12. The van der Waals surface area contributed by atoms with E-state index >= 15 is 0 Å². The second-order valence-electron chi connectivity index (χ2n) is 14.2. The number of rotatable bonds is 4. The van der Waals surface area contributed by atoms with E-state index in [0.29, 0.717) is 0 Å². The standard InChI is InChI=1S/C51H34N2/c1-3-14-37-28-40(22-20-33(37)10-1)46-31-42(32-47(52-46)41-23-21-34-11-2-4-15-38(34)29-41)39-16-9-17-43(30-39)53-48-26-24-35-12-5-7-18-44(35)50(48)51-45-19-8-6-13-36(45)25-27-49(51)53/h1-32,46,52H. The minimum Gasteiger partial charge on any atom is -0.374 e. The summed E-state index contributed by atoms with van der Waals surface area (Å²) >= 11 is 0. The molecule has 0 saturated carbocycles. The highest BCUT2D eigenvalue weighted by atomic mass is 15.0. The molecule has 0 amide bonds. The highest BCUT2D eigenvalue weighted by Crippen LogP contribution is 2.41. The molecule has 0 radical (unpaired) electrons. The number of nitrogens with one attached hydrogen (secondary N) is 1. The van der Waals surface area contributed by atoms with Crippen molar-refractivity contribution in [3.05, 3.63) is 211 Å². The maximum absolute atomic E-state index is 3.92. The van der Waals surface area contributed by atoms with Crippen molar-refractivity contribution in [1.29, 1.82) is 0 Å². The lowest BCUT2D eigenvalue weighted by Gasteiger charge is -2.26. The van der Waals surface area contributed by atoms with Crippen molar-refractivity contribution in [2.75, 3.05) is 0 Å². The molecule has 1 unspecified atom stereocenters. The van der Waals surface area contributed by atoms with Gasteiger partial charge in [0.25, 0.3) is 0 Å². The fourth-order valence-electron chi connectivity index (χ4n) is 8.57. The molecule has 2 heteroatoms. The summed E-state index contributed by atoms with van der Waals surface area (Å²) in [6.07, 6.45) is 4.72. The predicted molar refractivity (Wildman–Crippen MR) is 226 cm³/mol. The third-order valence-electron chi connectivity index (χ3n) is 11.1. The van der Waals surface area contributed by atoms with Crippen LogP contribution in [0.4, 0.5) is 0 Å². The van der Waals surface area contributed by atoms with Gasteiger partial charge >= 0.3 is 0 Å². The van der Waals surface area contributed by atoms with E-state index in [2.05, 4.69) is 204 Å². The molecule has 1 aromatic heterocycles. The predicted octanol–water partition coefficient (Wildman–Crippen LogP) is 13.2. The Morgan fingerprint density at radius 1 is 0.415 bits per heavy atom. The minimum atomic E-state index is -0.00398. The molecule has 2 nitrogen and oxygen atoms in total. The average molecular weight is 675 g/mol. The Kier molecular flexibility index (Phi) is 6.65. The van der Waals surface area contributed by atoms with E-state index in [-0.39, 0.29) is 6.04 Å². The number of benzene rings is 9. The molecule has 0 fully saturated rings. The molecule has 0 spiro atoms. The lowest BCUT2D eigenvalue weighted by atomic mass is 9.92. The van der Waals surface area contributed by atoms with E-state index in [9.17, 15) is 0 Å². The molecule has 1 atom stereocenters. The molecular formula is C51H34N2. The van der Waals surface area contributed by atoms with Crippen LogP contribution >= 0.6 is 0 Å². The van der Waals surface area contributed by atoms with Gasteiger partial charge in [0.1, 0.15) is 0 Å². The summed E-state index contributed by atoms with van der Waals surface area (Å²) in [5.41, 5.74) is 9.50. The van der Waals surface area contributed by atoms with Gasteiger partial charge in [-0.3, -0.25) is 0 Å². The van der Waals surface area contributed by atoms with Crippen LogP contribution in [0.25, 0.3) is 81.9 Å². The van der Waals surface area contributed by atoms with Crippen molar-refractivity contribution in [3.8, 4) is 5.69 Å². The largest absolute Gasteiger partial charge is 0.374 e. The van der Waals surface area contributed by atoms with Crippen molar-refractivity contribution in [2.45, 2.75) is 6.04 Å². The smallest absolute Gasteiger partial charge is 0.0707 e. The summed E-state index contributed by atoms with van der Waals surface area (Å²) in [6, 6.07) is 66.6. The maximum Gasteiger partial charge on any atom is 0.0707 e. The normalized spacial score (nSPS) is 14.6. The number of dihydropyridines is 1. The van der Waals surface area contributed by atoms with Gasteiger partial charge < -0.3 is 9.88 Å². The molecule has 248 valence electrons. The zero-order valence-corrected chi connectivity index (χ0v) is 29.0. The number of allylic oxidation sites excluding steroid dienone is 2. The van der Waals surface area contributed by atoms with Gasteiger partial charge in [0.05, 0.1) is 17.1 Å². The molecule has 0 saturated heterocycles. The van der Waals surface area contributed by atoms with Gasteiger partial charge in [0.15, 0.2) is 0 Å². The SMILES string of the molecule is C1=C(c2cccc(-n3c4ccc5ccccc5c4c4c5ccccc5ccc43)c2)C=C(c2ccc3ccccc3c2)NC1c1ccc2ccccc2c1. The Morgan fingerprint density at radius 2 is 0.981 bits per heavy atom. The fourth-order valence-corrected chi connectivity index (χ4v) is 8.57. The van der Waals surface area contributed by atoms with Gasteiger partial charge in [-0.25, -0.2) is 0 Å². The Hall–Kier alpha value is -6.90. The molecule has 1 aliphatic rings. The molecule has 2 heterocycles. The molecule has 53 heavy (non-hydrogen) atoms. The second kappa shape index (κ2) is 11.8. The van der Waals surface area contributed by atoms with Crippen LogP contribution in [0.3, 0.4) is 0 Å². The topological polar surface area (TPSA) is 17.0 Å². The Labute approximate surface area is 307 Å². The quantitative estimate of drug-likeness (QED) is 0.197. The monoisotopic (exact) mass is 674 g/mol. The number of aromatic nitrogens is 1. The molecule has 10 aromatic rings. The van der Waals surface area contributed by atoms with Crippen LogP contribution in [-0.2, 0) is 0 Å². The molecule has 1 aliphatic heterocycles. The lowest BCUT2D eigenvalue weighted by molar-refractivity contribution is 0.768. The first-order chi connectivity index (χ1) is 26.2. The third kappa shape index (κ3) is 4.87. The molecule has 0 aliphatic carbocycles. The van der Waals surface area contributed by atoms with Crippen molar-refractivity contribution in [3.63, 3.8) is 0 Å². The van der Waals surface area contributed by atoms with E-state index in [0.717, 1.165) is 11.4 Å². The van der Waals surface area contributed by atoms with Crippen molar-refractivity contribution in [1.82, 2.24) is 9.88 Å². The van der Waals surface area contributed by atoms with E-state index in [4.69, 9.17) is 0 Å². The summed E-state index contributed by atoms with van der Waals surface area (Å²) in [4.78, 5) is 0. The van der Waals surface area contributed by atoms with Gasteiger partial charge in [-0.05, 0) is 114 Å². The Morgan fingerprint density at radius 3 is 1.66 bits per heavy atom. The summed E-state index contributed by atoms with van der Waals surface area (Å²) in [5, 5.41) is 16.6. The van der Waals surface area contributed by atoms with Gasteiger partial charge in [0, 0.05) is 22.2 Å². The second-order valence-corrected chi connectivity index (χ2v) is 14.2. The lowest BCUT2D eigenvalue weighted by Crippen LogP contribution is -2.21. The maximum atomic E-state index is 3.92. The van der Waals surface area contributed by atoms with Crippen LogP contribution in [0, 0.1) is 0 Å². The van der Waals surface area contributed by atoms with Gasteiger partial charge in [0.2, 0.25) is 0 Å². The highest BCUT2D eigenvalue weighted by molar-refractivity contribution is 6.28. The molecule has 11 rings (SSSR count). The van der Waals surface area contributed by atoms with Crippen LogP contribution in [-0.4, -0.2) is 4.57 Å². The van der Waals surface area contributed by atoms with E-state index in [1.165, 1.54) is 87.2 Å². The summed E-state index contributed by atoms with van der Waals surface area (Å²) in [5.74, 6) is 0. The number of hydrogen-bond donors (Lipinski definition) is 1. The van der Waals surface area contributed by atoms with Crippen molar-refractivity contribution < 1.29 is 0 Å². The van der Waals surface area contributed by atoms with Gasteiger partial charge in [-0.15, -0.1) is 0 Å². The van der Waals surface area contributed by atoms with Crippen molar-refractivity contribution >= 4 is 76.2 Å². The zero-order valence-electron chi connectivity index (χ0n) is 29.0. The number of fused-ring (bicyclic) bond motifs is 9. The van der Waals surface area contributed by atoms with Gasteiger partial charge in [-0.2, -0.15) is 0 Å². The van der Waals surface area contributed by atoms with E-state index in [1.807, 2.05) is 0 Å². The summed E-state index contributed by atoms with van der Waals surface area (Å²) in [6.45, 7) is 0. The van der Waals surface area contributed by atoms with Crippen LogP contribution in [0.5, 0.6) is 0 Å².